The van der Waals surface area contributed by atoms with Crippen LogP contribution in [0.4, 0.5) is 11.4 Å². The van der Waals surface area contributed by atoms with Gasteiger partial charge in [-0.1, -0.05) is 6.92 Å². The first-order valence-corrected chi connectivity index (χ1v) is 9.94. The van der Waals surface area contributed by atoms with E-state index < -0.39 is 9.84 Å². The van der Waals surface area contributed by atoms with Gasteiger partial charge in [0.1, 0.15) is 5.52 Å². The molecule has 0 amide bonds. The van der Waals surface area contributed by atoms with Gasteiger partial charge in [-0.15, -0.1) is 0 Å². The maximum Gasteiger partial charge on any atom is 0.181 e. The van der Waals surface area contributed by atoms with Gasteiger partial charge in [-0.3, -0.25) is 4.98 Å². The van der Waals surface area contributed by atoms with E-state index in [0.29, 0.717) is 16.9 Å². The van der Waals surface area contributed by atoms with Gasteiger partial charge in [-0.2, -0.15) is 0 Å². The first kappa shape index (κ1) is 16.5. The van der Waals surface area contributed by atoms with Crippen LogP contribution in [-0.4, -0.2) is 24.1 Å². The summed E-state index contributed by atoms with van der Waals surface area (Å²) in [6, 6.07) is 12.5. The van der Waals surface area contributed by atoms with Crippen molar-refractivity contribution in [2.24, 2.45) is 0 Å². The van der Waals surface area contributed by atoms with Crippen LogP contribution in [-0.2, 0) is 9.84 Å². The van der Waals surface area contributed by atoms with Gasteiger partial charge in [0.15, 0.2) is 21.8 Å². The summed E-state index contributed by atoms with van der Waals surface area (Å²) >= 11 is 0. The minimum atomic E-state index is -3.29. The van der Waals surface area contributed by atoms with E-state index >= 15 is 0 Å². The Bertz CT molecular complexity index is 1200. The Hall–Kier alpha value is -2.93. The van der Waals surface area contributed by atoms with E-state index in [-0.39, 0.29) is 5.75 Å². The van der Waals surface area contributed by atoms with Gasteiger partial charge in [0.2, 0.25) is 0 Å². The molecule has 1 N–H and O–H groups in total. The van der Waals surface area contributed by atoms with Crippen LogP contribution >= 0.6 is 0 Å². The second-order valence-electron chi connectivity index (χ2n) is 6.02. The Morgan fingerprint density at radius 2 is 1.92 bits per heavy atom. The third kappa shape index (κ3) is 3.01. The molecule has 0 aliphatic carbocycles. The molecule has 0 fully saturated rings. The molecule has 0 aliphatic heterocycles. The molecule has 0 saturated carbocycles. The third-order valence-electron chi connectivity index (χ3n) is 4.15. The van der Waals surface area contributed by atoms with E-state index in [4.69, 9.17) is 4.42 Å². The standard InChI is InChI=1S/C19H17N3O3S/c1-2-9-26(23,24)14-4-5-16-15(11-14)17(7-8-20-16)22-13-3-6-19-18(10-13)21-12-25-19/h3-8,10-12H,2,9H2,1H3,(H,20,22). The highest BCUT2D eigenvalue weighted by Gasteiger charge is 2.15. The van der Waals surface area contributed by atoms with Gasteiger partial charge >= 0.3 is 0 Å². The van der Waals surface area contributed by atoms with Gasteiger partial charge in [0, 0.05) is 23.0 Å². The Morgan fingerprint density at radius 3 is 2.77 bits per heavy atom. The number of benzene rings is 2. The number of nitrogens with zero attached hydrogens (tertiary/aromatic N) is 2. The van der Waals surface area contributed by atoms with Crippen molar-refractivity contribution in [2.75, 3.05) is 11.1 Å². The molecule has 0 atom stereocenters. The quantitative estimate of drug-likeness (QED) is 0.566. The number of sulfone groups is 1. The summed E-state index contributed by atoms with van der Waals surface area (Å²) in [7, 11) is -3.29. The average molecular weight is 367 g/mol. The maximum atomic E-state index is 12.4. The molecule has 4 aromatic rings. The molecule has 7 heteroatoms. The van der Waals surface area contributed by atoms with Gasteiger partial charge in [-0.25, -0.2) is 13.4 Å². The molecule has 0 unspecified atom stereocenters. The van der Waals surface area contributed by atoms with Crippen LogP contribution in [0.25, 0.3) is 22.0 Å². The van der Waals surface area contributed by atoms with Crippen LogP contribution in [0.15, 0.2) is 64.4 Å². The van der Waals surface area contributed by atoms with E-state index in [2.05, 4.69) is 15.3 Å². The zero-order chi connectivity index (χ0) is 18.1. The lowest BCUT2D eigenvalue weighted by Gasteiger charge is -2.11. The fourth-order valence-electron chi connectivity index (χ4n) is 2.91. The molecule has 0 spiro atoms. The number of oxazole rings is 1. The summed E-state index contributed by atoms with van der Waals surface area (Å²) in [5, 5.41) is 4.08. The minimum Gasteiger partial charge on any atom is -0.443 e. The highest BCUT2D eigenvalue weighted by Crippen LogP contribution is 2.29. The molecule has 2 aromatic heterocycles. The summed E-state index contributed by atoms with van der Waals surface area (Å²) < 4.78 is 30.1. The summed E-state index contributed by atoms with van der Waals surface area (Å²) in [5.74, 6) is 0.129. The SMILES string of the molecule is CCCS(=O)(=O)c1ccc2nccc(Nc3ccc4ocnc4c3)c2c1. The molecule has 0 radical (unpaired) electrons. The fourth-order valence-corrected chi connectivity index (χ4v) is 4.25. The number of hydrogen-bond donors (Lipinski definition) is 1. The molecular weight excluding hydrogens is 350 g/mol. The maximum absolute atomic E-state index is 12.4. The minimum absolute atomic E-state index is 0.129. The second-order valence-corrected chi connectivity index (χ2v) is 8.13. The Morgan fingerprint density at radius 1 is 1.04 bits per heavy atom. The molecule has 2 aromatic carbocycles. The number of nitrogens with one attached hydrogen (secondary N) is 1. The molecule has 2 heterocycles. The van der Waals surface area contributed by atoms with Crippen molar-refractivity contribution in [2.45, 2.75) is 18.2 Å². The monoisotopic (exact) mass is 367 g/mol. The number of fused-ring (bicyclic) bond motifs is 2. The fraction of sp³-hybridized carbons (Fsp3) is 0.158. The van der Waals surface area contributed by atoms with Gasteiger partial charge in [-0.05, 0) is 48.9 Å². The van der Waals surface area contributed by atoms with Crippen molar-refractivity contribution >= 4 is 43.2 Å². The van der Waals surface area contributed by atoms with Crippen molar-refractivity contribution in [3.63, 3.8) is 0 Å². The zero-order valence-corrected chi connectivity index (χ0v) is 15.0. The first-order chi connectivity index (χ1) is 12.6. The van der Waals surface area contributed by atoms with Crippen molar-refractivity contribution in [3.05, 3.63) is 55.1 Å². The van der Waals surface area contributed by atoms with Crippen LogP contribution in [0.5, 0.6) is 0 Å². The molecule has 132 valence electrons. The molecule has 0 aliphatic rings. The Kier molecular flexibility index (Phi) is 4.08. The molecule has 0 saturated heterocycles. The summed E-state index contributed by atoms with van der Waals surface area (Å²) in [4.78, 5) is 8.80. The van der Waals surface area contributed by atoms with Crippen molar-refractivity contribution in [1.29, 1.82) is 0 Å². The lowest BCUT2D eigenvalue weighted by Crippen LogP contribution is -2.06. The largest absolute Gasteiger partial charge is 0.443 e. The van der Waals surface area contributed by atoms with E-state index in [1.165, 1.54) is 6.39 Å². The summed E-state index contributed by atoms with van der Waals surface area (Å²) in [6.45, 7) is 1.85. The van der Waals surface area contributed by atoms with Crippen LogP contribution < -0.4 is 5.32 Å². The summed E-state index contributed by atoms with van der Waals surface area (Å²) in [6.07, 6.45) is 3.68. The predicted molar refractivity (Wildman–Crippen MR) is 101 cm³/mol. The van der Waals surface area contributed by atoms with E-state index in [9.17, 15) is 8.42 Å². The molecule has 6 nitrogen and oxygen atoms in total. The highest BCUT2D eigenvalue weighted by atomic mass is 32.2. The normalized spacial score (nSPS) is 11.9. The number of anilines is 2. The van der Waals surface area contributed by atoms with Crippen LogP contribution in [0.3, 0.4) is 0 Å². The lowest BCUT2D eigenvalue weighted by atomic mass is 10.2. The van der Waals surface area contributed by atoms with Crippen LogP contribution in [0.2, 0.25) is 0 Å². The average Bonchev–Trinajstić information content (AvgIpc) is 3.09. The summed E-state index contributed by atoms with van der Waals surface area (Å²) in [5.41, 5.74) is 3.81. The van der Waals surface area contributed by atoms with Crippen molar-refractivity contribution in [3.8, 4) is 0 Å². The van der Waals surface area contributed by atoms with Gasteiger partial charge in [0.25, 0.3) is 0 Å². The molecular formula is C19H17N3O3S. The molecule has 0 bridgehead atoms. The first-order valence-electron chi connectivity index (χ1n) is 8.28. The number of hydrogen-bond acceptors (Lipinski definition) is 6. The second kappa shape index (κ2) is 6.42. The van der Waals surface area contributed by atoms with Crippen molar-refractivity contribution < 1.29 is 12.8 Å². The number of aromatic nitrogens is 2. The van der Waals surface area contributed by atoms with E-state index in [0.717, 1.165) is 27.8 Å². The smallest absolute Gasteiger partial charge is 0.181 e. The molecule has 26 heavy (non-hydrogen) atoms. The zero-order valence-electron chi connectivity index (χ0n) is 14.1. The van der Waals surface area contributed by atoms with Crippen LogP contribution in [0.1, 0.15) is 13.3 Å². The van der Waals surface area contributed by atoms with Gasteiger partial charge < -0.3 is 9.73 Å². The molecule has 4 rings (SSSR count). The van der Waals surface area contributed by atoms with Gasteiger partial charge in [0.05, 0.1) is 16.2 Å². The number of pyridine rings is 1. The third-order valence-corrected chi connectivity index (χ3v) is 6.07. The van der Waals surface area contributed by atoms with Crippen LogP contribution in [0, 0.1) is 0 Å². The lowest BCUT2D eigenvalue weighted by molar-refractivity contribution is 0.595. The predicted octanol–water partition coefficient (Wildman–Crippen LogP) is 4.30. The Balaban J connectivity index is 1.78. The topological polar surface area (TPSA) is 85.1 Å². The van der Waals surface area contributed by atoms with E-state index in [1.807, 2.05) is 31.2 Å². The van der Waals surface area contributed by atoms with Crippen molar-refractivity contribution in [1.82, 2.24) is 9.97 Å². The number of rotatable bonds is 5. The Labute approximate surface area is 150 Å². The highest BCUT2D eigenvalue weighted by molar-refractivity contribution is 7.91. The van der Waals surface area contributed by atoms with E-state index in [1.54, 1.807) is 24.4 Å².